The zero-order valence-electron chi connectivity index (χ0n) is 26.7. The predicted molar refractivity (Wildman–Crippen MR) is 165 cm³/mol. The van der Waals surface area contributed by atoms with E-state index >= 15 is 0 Å². The molecule has 0 aliphatic heterocycles. The highest BCUT2D eigenvalue weighted by atomic mass is 16.5. The number of hydrogen-bond acceptors (Lipinski definition) is 5. The standard InChI is InChI=1S/C35H60O5/c1-34(2,32(37)39-5)27-30-24-29(25-31(26-30)28-35(3,4)33(38)40-6)22-20-18-16-14-12-10-8-7-9-11-13-15-17-19-21-23-36/h24-26,36H,7-23,27-28H2,1-6H3. The lowest BCUT2D eigenvalue weighted by Gasteiger charge is -2.24. The summed E-state index contributed by atoms with van der Waals surface area (Å²) in [6.45, 7) is 8.03. The Labute approximate surface area is 245 Å². The molecule has 0 saturated heterocycles. The van der Waals surface area contributed by atoms with Crippen molar-refractivity contribution < 1.29 is 24.2 Å². The summed E-state index contributed by atoms with van der Waals surface area (Å²) in [6, 6.07) is 6.60. The molecule has 40 heavy (non-hydrogen) atoms. The topological polar surface area (TPSA) is 72.8 Å². The van der Waals surface area contributed by atoms with Crippen molar-refractivity contribution in [3.63, 3.8) is 0 Å². The molecule has 1 aromatic carbocycles. The van der Waals surface area contributed by atoms with E-state index in [1.165, 1.54) is 103 Å². The Hall–Kier alpha value is -1.88. The summed E-state index contributed by atoms with van der Waals surface area (Å²) in [6.07, 6.45) is 21.4. The molecule has 5 nitrogen and oxygen atoms in total. The summed E-state index contributed by atoms with van der Waals surface area (Å²) >= 11 is 0. The van der Waals surface area contributed by atoms with E-state index in [1.807, 2.05) is 27.7 Å². The van der Waals surface area contributed by atoms with Gasteiger partial charge in [0.2, 0.25) is 0 Å². The molecule has 0 aliphatic carbocycles. The molecule has 0 aliphatic rings. The average Bonchev–Trinajstić information content (AvgIpc) is 2.91. The molecule has 0 bridgehead atoms. The number of rotatable bonds is 23. The van der Waals surface area contributed by atoms with Gasteiger partial charge in [-0.15, -0.1) is 0 Å². The van der Waals surface area contributed by atoms with Crippen molar-refractivity contribution in [2.45, 2.75) is 143 Å². The number of aliphatic hydroxyl groups excluding tert-OH is 1. The van der Waals surface area contributed by atoms with Crippen LogP contribution >= 0.6 is 0 Å². The van der Waals surface area contributed by atoms with Gasteiger partial charge in [-0.3, -0.25) is 9.59 Å². The maximum atomic E-state index is 12.3. The fraction of sp³-hybridized carbons (Fsp3) is 0.771. The lowest BCUT2D eigenvalue weighted by molar-refractivity contribution is -0.151. The van der Waals surface area contributed by atoms with Crippen LogP contribution in [-0.2, 0) is 38.3 Å². The van der Waals surface area contributed by atoms with Crippen molar-refractivity contribution >= 4 is 11.9 Å². The van der Waals surface area contributed by atoms with Crippen LogP contribution in [0.25, 0.3) is 0 Å². The third kappa shape index (κ3) is 15.2. The van der Waals surface area contributed by atoms with E-state index in [9.17, 15) is 9.59 Å². The number of methoxy groups -OCH3 is 2. The van der Waals surface area contributed by atoms with Gasteiger partial charge in [-0.25, -0.2) is 0 Å². The first-order valence-electron chi connectivity index (χ1n) is 15.9. The van der Waals surface area contributed by atoms with Crippen molar-refractivity contribution in [1.29, 1.82) is 0 Å². The number of carbonyl (C=O) groups is 2. The largest absolute Gasteiger partial charge is 0.469 e. The maximum absolute atomic E-state index is 12.3. The number of hydrogen-bond donors (Lipinski definition) is 1. The van der Waals surface area contributed by atoms with E-state index in [-0.39, 0.29) is 11.9 Å². The van der Waals surface area contributed by atoms with Gasteiger partial charge >= 0.3 is 11.9 Å². The molecule has 0 unspecified atom stereocenters. The third-order valence-electron chi connectivity index (χ3n) is 8.00. The van der Waals surface area contributed by atoms with Gasteiger partial charge in [0.05, 0.1) is 25.0 Å². The summed E-state index contributed by atoms with van der Waals surface area (Å²) in [4.78, 5) is 24.6. The van der Waals surface area contributed by atoms with E-state index < -0.39 is 10.8 Å². The van der Waals surface area contributed by atoms with Crippen molar-refractivity contribution in [1.82, 2.24) is 0 Å². The summed E-state index contributed by atoms with van der Waals surface area (Å²) in [5.41, 5.74) is 2.30. The van der Waals surface area contributed by atoms with Gasteiger partial charge < -0.3 is 14.6 Å². The monoisotopic (exact) mass is 560 g/mol. The number of esters is 2. The molecule has 0 heterocycles. The minimum absolute atomic E-state index is 0.209. The van der Waals surface area contributed by atoms with Crippen LogP contribution in [0.3, 0.4) is 0 Å². The van der Waals surface area contributed by atoms with Gasteiger partial charge in [0, 0.05) is 6.61 Å². The first-order chi connectivity index (χ1) is 19.1. The summed E-state index contributed by atoms with van der Waals surface area (Å²) in [7, 11) is 2.88. The van der Waals surface area contributed by atoms with Crippen LogP contribution in [-0.4, -0.2) is 37.9 Å². The Balaban J connectivity index is 2.45. The number of ether oxygens (including phenoxy) is 2. The van der Waals surface area contributed by atoms with E-state index in [4.69, 9.17) is 14.6 Å². The van der Waals surface area contributed by atoms with E-state index in [0.29, 0.717) is 19.4 Å². The Morgan fingerprint density at radius 2 is 0.850 bits per heavy atom. The van der Waals surface area contributed by atoms with Crippen LogP contribution in [0.15, 0.2) is 18.2 Å². The molecule has 0 fully saturated rings. The predicted octanol–water partition coefficient (Wildman–Crippen LogP) is 8.56. The van der Waals surface area contributed by atoms with Gasteiger partial charge in [0.25, 0.3) is 0 Å². The summed E-state index contributed by atoms with van der Waals surface area (Å²) < 4.78 is 10.1. The minimum atomic E-state index is -0.608. The Morgan fingerprint density at radius 1 is 0.550 bits per heavy atom. The molecule has 0 amide bonds. The molecule has 0 saturated carbocycles. The zero-order chi connectivity index (χ0) is 29.9. The first kappa shape index (κ1) is 36.1. The van der Waals surface area contributed by atoms with Gasteiger partial charge in [-0.1, -0.05) is 102 Å². The molecular formula is C35H60O5. The smallest absolute Gasteiger partial charge is 0.311 e. The normalized spacial score (nSPS) is 12.0. The van der Waals surface area contributed by atoms with Crippen molar-refractivity contribution in [2.75, 3.05) is 20.8 Å². The lowest BCUT2D eigenvalue weighted by Crippen LogP contribution is -2.29. The lowest BCUT2D eigenvalue weighted by atomic mass is 9.81. The van der Waals surface area contributed by atoms with Gasteiger partial charge in [-0.05, 0) is 76.5 Å². The number of unbranched alkanes of at least 4 members (excludes halogenated alkanes) is 14. The van der Waals surface area contributed by atoms with Crippen LogP contribution in [0.4, 0.5) is 0 Å². The van der Waals surface area contributed by atoms with Crippen LogP contribution < -0.4 is 0 Å². The molecule has 0 atom stereocenters. The first-order valence-corrected chi connectivity index (χ1v) is 15.9. The second kappa shape index (κ2) is 20.1. The average molecular weight is 561 g/mol. The number of aliphatic hydroxyl groups is 1. The number of carbonyl (C=O) groups excluding carboxylic acids is 2. The van der Waals surface area contributed by atoms with Gasteiger partial charge in [0.15, 0.2) is 0 Å². The molecule has 1 rings (SSSR count). The molecule has 0 aromatic heterocycles. The van der Waals surface area contributed by atoms with Crippen molar-refractivity contribution in [3.05, 3.63) is 34.9 Å². The van der Waals surface area contributed by atoms with Crippen molar-refractivity contribution in [2.24, 2.45) is 10.8 Å². The molecule has 0 radical (unpaired) electrons. The SMILES string of the molecule is COC(=O)C(C)(C)Cc1cc(CCCCCCCCCCCCCCCCCO)cc(CC(C)(C)C(=O)OC)c1. The molecular weight excluding hydrogens is 500 g/mol. The fourth-order valence-electron chi connectivity index (χ4n) is 5.64. The highest BCUT2D eigenvalue weighted by molar-refractivity contribution is 5.76. The maximum Gasteiger partial charge on any atom is 0.311 e. The van der Waals surface area contributed by atoms with Gasteiger partial charge in [-0.2, -0.15) is 0 Å². The van der Waals surface area contributed by atoms with Crippen LogP contribution in [0.2, 0.25) is 0 Å². The summed E-state index contributed by atoms with van der Waals surface area (Å²) in [5.74, 6) is -0.417. The highest BCUT2D eigenvalue weighted by Crippen LogP contribution is 2.29. The Morgan fingerprint density at radius 3 is 1.18 bits per heavy atom. The fourth-order valence-corrected chi connectivity index (χ4v) is 5.64. The third-order valence-corrected chi connectivity index (χ3v) is 8.00. The molecule has 230 valence electrons. The Kier molecular flexibility index (Phi) is 18.1. The molecule has 5 heteroatoms. The van der Waals surface area contributed by atoms with E-state index in [2.05, 4.69) is 18.2 Å². The second-order valence-electron chi connectivity index (χ2n) is 13.0. The summed E-state index contributed by atoms with van der Waals surface area (Å²) in [5, 5.41) is 8.81. The second-order valence-corrected chi connectivity index (χ2v) is 13.0. The van der Waals surface area contributed by atoms with Crippen molar-refractivity contribution in [3.8, 4) is 0 Å². The number of benzene rings is 1. The van der Waals surface area contributed by atoms with Crippen LogP contribution in [0.5, 0.6) is 0 Å². The van der Waals surface area contributed by atoms with E-state index in [1.54, 1.807) is 0 Å². The quantitative estimate of drug-likeness (QED) is 0.107. The number of aryl methyl sites for hydroxylation is 1. The molecule has 0 spiro atoms. The van der Waals surface area contributed by atoms with E-state index in [0.717, 1.165) is 30.4 Å². The van der Waals surface area contributed by atoms with Crippen LogP contribution in [0, 0.1) is 10.8 Å². The van der Waals surface area contributed by atoms with Gasteiger partial charge in [0.1, 0.15) is 0 Å². The molecule has 1 N–H and O–H groups in total. The minimum Gasteiger partial charge on any atom is -0.469 e. The Bertz CT molecular complexity index is 794. The van der Waals surface area contributed by atoms with Crippen LogP contribution in [0.1, 0.15) is 141 Å². The highest BCUT2D eigenvalue weighted by Gasteiger charge is 2.31. The molecule has 1 aromatic rings. The zero-order valence-corrected chi connectivity index (χ0v) is 26.7.